The van der Waals surface area contributed by atoms with Crippen molar-refractivity contribution >= 4 is 12.2 Å². The Kier molecular flexibility index (Phi) is 3.85. The van der Waals surface area contributed by atoms with Gasteiger partial charge in [-0.2, -0.15) is 5.10 Å². The molecule has 1 atom stereocenters. The summed E-state index contributed by atoms with van der Waals surface area (Å²) in [6, 6.07) is 5.25. The Morgan fingerprint density at radius 3 is 2.58 bits per heavy atom. The van der Waals surface area contributed by atoms with Crippen molar-refractivity contribution < 1.29 is 4.39 Å². The molecule has 3 nitrogen and oxygen atoms in total. The monoisotopic (exact) mass is 279 g/mol. The fourth-order valence-electron chi connectivity index (χ4n) is 2.12. The molecule has 1 heterocycles. The molecule has 0 fully saturated rings. The lowest BCUT2D eigenvalue weighted by Gasteiger charge is -2.18. The second-order valence-electron chi connectivity index (χ2n) is 5.10. The third-order valence-electron chi connectivity index (χ3n) is 3.31. The maximum atomic E-state index is 13.7. The van der Waals surface area contributed by atoms with Crippen LogP contribution in [-0.4, -0.2) is 14.8 Å². The maximum absolute atomic E-state index is 13.7. The van der Waals surface area contributed by atoms with Gasteiger partial charge < -0.3 is 0 Å². The summed E-state index contributed by atoms with van der Waals surface area (Å²) in [6.45, 7) is 7.88. The largest absolute Gasteiger partial charge is 0.297 e. The summed E-state index contributed by atoms with van der Waals surface area (Å²) in [5.74, 6) is 0.953. The van der Waals surface area contributed by atoms with Gasteiger partial charge in [0.2, 0.25) is 0 Å². The minimum atomic E-state index is -0.189. The van der Waals surface area contributed by atoms with Gasteiger partial charge in [0.1, 0.15) is 11.6 Å². The standard InChI is InChI=1S/C14H18FN3S/c1-8(2)13-16-17-14(19)18(13)10(4)11-6-5-9(3)12(15)7-11/h5-8,10H,1-4H3,(H,17,19). The lowest BCUT2D eigenvalue weighted by atomic mass is 10.1. The fraction of sp³-hybridized carbons (Fsp3) is 0.429. The minimum absolute atomic E-state index is 0.0428. The van der Waals surface area contributed by atoms with E-state index in [-0.39, 0.29) is 17.8 Å². The van der Waals surface area contributed by atoms with Gasteiger partial charge in [-0.15, -0.1) is 0 Å². The van der Waals surface area contributed by atoms with E-state index in [1.165, 1.54) is 0 Å². The molecule has 5 heteroatoms. The van der Waals surface area contributed by atoms with Crippen molar-refractivity contribution in [2.75, 3.05) is 0 Å². The van der Waals surface area contributed by atoms with Gasteiger partial charge in [0, 0.05) is 5.92 Å². The number of hydrogen-bond donors (Lipinski definition) is 1. The van der Waals surface area contributed by atoms with Gasteiger partial charge in [-0.25, -0.2) is 4.39 Å². The average Bonchev–Trinajstić information content (AvgIpc) is 2.74. The summed E-state index contributed by atoms with van der Waals surface area (Å²) >= 11 is 5.28. The number of rotatable bonds is 3. The van der Waals surface area contributed by atoms with Gasteiger partial charge in [0.05, 0.1) is 6.04 Å². The Bertz CT molecular complexity index is 642. The van der Waals surface area contributed by atoms with E-state index >= 15 is 0 Å². The molecule has 102 valence electrons. The second kappa shape index (κ2) is 5.25. The first kappa shape index (κ1) is 13.9. The highest BCUT2D eigenvalue weighted by Crippen LogP contribution is 2.24. The molecular weight excluding hydrogens is 261 g/mol. The number of benzene rings is 1. The van der Waals surface area contributed by atoms with Crippen molar-refractivity contribution in [2.45, 2.75) is 39.7 Å². The van der Waals surface area contributed by atoms with Crippen LogP contribution in [0.5, 0.6) is 0 Å². The predicted molar refractivity (Wildman–Crippen MR) is 76.5 cm³/mol. The van der Waals surface area contributed by atoms with E-state index in [0.717, 1.165) is 11.4 Å². The van der Waals surface area contributed by atoms with Crippen molar-refractivity contribution in [1.29, 1.82) is 0 Å². The van der Waals surface area contributed by atoms with E-state index in [1.54, 1.807) is 19.1 Å². The maximum Gasteiger partial charge on any atom is 0.195 e. The van der Waals surface area contributed by atoms with Crippen LogP contribution in [0.4, 0.5) is 4.39 Å². The predicted octanol–water partition coefficient (Wildman–Crippen LogP) is 4.12. The van der Waals surface area contributed by atoms with Crippen molar-refractivity contribution in [3.8, 4) is 0 Å². The zero-order valence-corrected chi connectivity index (χ0v) is 12.4. The van der Waals surface area contributed by atoms with Crippen LogP contribution in [-0.2, 0) is 0 Å². The van der Waals surface area contributed by atoms with Crippen molar-refractivity contribution in [3.63, 3.8) is 0 Å². The SMILES string of the molecule is Cc1ccc(C(C)n2c(C(C)C)n[nH]c2=S)cc1F. The molecule has 0 spiro atoms. The van der Waals surface area contributed by atoms with Gasteiger partial charge in [-0.1, -0.05) is 26.0 Å². The van der Waals surface area contributed by atoms with Crippen LogP contribution in [0, 0.1) is 17.5 Å². The summed E-state index contributed by atoms with van der Waals surface area (Å²) in [6.07, 6.45) is 0. The molecule has 1 aromatic heterocycles. The molecule has 19 heavy (non-hydrogen) atoms. The molecule has 0 radical (unpaired) electrons. The first-order chi connectivity index (χ1) is 8.91. The van der Waals surface area contributed by atoms with Crippen LogP contribution in [0.15, 0.2) is 18.2 Å². The van der Waals surface area contributed by atoms with Gasteiger partial charge >= 0.3 is 0 Å². The van der Waals surface area contributed by atoms with Crippen molar-refractivity contribution in [2.24, 2.45) is 0 Å². The summed E-state index contributed by atoms with van der Waals surface area (Å²) in [5, 5.41) is 7.07. The van der Waals surface area contributed by atoms with Crippen LogP contribution in [0.25, 0.3) is 0 Å². The number of nitrogens with zero attached hydrogens (tertiary/aromatic N) is 2. The summed E-state index contributed by atoms with van der Waals surface area (Å²) < 4.78 is 16.2. The van der Waals surface area contributed by atoms with Crippen LogP contribution in [0.3, 0.4) is 0 Å². The first-order valence-electron chi connectivity index (χ1n) is 6.34. The van der Waals surface area contributed by atoms with Gasteiger partial charge in [-0.3, -0.25) is 9.67 Å². The highest BCUT2D eigenvalue weighted by atomic mass is 32.1. The average molecular weight is 279 g/mol. The Balaban J connectivity index is 2.49. The summed E-state index contributed by atoms with van der Waals surface area (Å²) in [7, 11) is 0. The smallest absolute Gasteiger partial charge is 0.195 e. The zero-order valence-electron chi connectivity index (χ0n) is 11.6. The molecule has 2 rings (SSSR count). The molecule has 1 unspecified atom stereocenters. The van der Waals surface area contributed by atoms with Crippen LogP contribution in [0.1, 0.15) is 49.7 Å². The molecule has 0 aliphatic rings. The Labute approximate surface area is 117 Å². The van der Waals surface area contributed by atoms with E-state index in [1.807, 2.05) is 17.6 Å². The molecule has 0 bridgehead atoms. The first-order valence-corrected chi connectivity index (χ1v) is 6.75. The molecule has 0 saturated carbocycles. The van der Waals surface area contributed by atoms with Gasteiger partial charge in [0.15, 0.2) is 4.77 Å². The Morgan fingerprint density at radius 2 is 2.00 bits per heavy atom. The van der Waals surface area contributed by atoms with Gasteiger partial charge in [-0.05, 0) is 43.3 Å². The molecule has 1 aromatic carbocycles. The number of halogens is 1. The van der Waals surface area contributed by atoms with E-state index < -0.39 is 0 Å². The molecule has 0 aliphatic heterocycles. The fourth-order valence-corrected chi connectivity index (χ4v) is 2.41. The van der Waals surface area contributed by atoms with Gasteiger partial charge in [0.25, 0.3) is 0 Å². The number of H-pyrrole nitrogens is 1. The number of hydrogen-bond acceptors (Lipinski definition) is 2. The normalized spacial score (nSPS) is 12.9. The number of aryl methyl sites for hydroxylation is 1. The topological polar surface area (TPSA) is 33.6 Å². The lowest BCUT2D eigenvalue weighted by Crippen LogP contribution is -2.12. The number of aromatic nitrogens is 3. The Hall–Kier alpha value is -1.49. The molecule has 0 aliphatic carbocycles. The van der Waals surface area contributed by atoms with Crippen LogP contribution < -0.4 is 0 Å². The van der Waals surface area contributed by atoms with E-state index in [4.69, 9.17) is 12.2 Å². The van der Waals surface area contributed by atoms with Crippen molar-refractivity contribution in [1.82, 2.24) is 14.8 Å². The third kappa shape index (κ3) is 2.61. The highest BCUT2D eigenvalue weighted by molar-refractivity contribution is 7.71. The quantitative estimate of drug-likeness (QED) is 0.857. The Morgan fingerprint density at radius 1 is 1.32 bits per heavy atom. The third-order valence-corrected chi connectivity index (χ3v) is 3.60. The van der Waals surface area contributed by atoms with E-state index in [2.05, 4.69) is 24.0 Å². The molecule has 2 aromatic rings. The lowest BCUT2D eigenvalue weighted by molar-refractivity contribution is 0.563. The highest BCUT2D eigenvalue weighted by Gasteiger charge is 2.17. The second-order valence-corrected chi connectivity index (χ2v) is 5.48. The number of nitrogens with one attached hydrogen (secondary N) is 1. The van der Waals surface area contributed by atoms with Crippen LogP contribution >= 0.6 is 12.2 Å². The molecule has 1 N–H and O–H groups in total. The van der Waals surface area contributed by atoms with E-state index in [9.17, 15) is 4.39 Å². The molecule has 0 saturated heterocycles. The van der Waals surface area contributed by atoms with Crippen molar-refractivity contribution in [3.05, 3.63) is 45.7 Å². The zero-order chi connectivity index (χ0) is 14.2. The summed E-state index contributed by atoms with van der Waals surface area (Å²) in [5.41, 5.74) is 1.54. The van der Waals surface area contributed by atoms with E-state index in [0.29, 0.717) is 10.3 Å². The minimum Gasteiger partial charge on any atom is -0.297 e. The number of aromatic amines is 1. The molecular formula is C14H18FN3S. The van der Waals surface area contributed by atoms with Crippen LogP contribution in [0.2, 0.25) is 0 Å². The summed E-state index contributed by atoms with van der Waals surface area (Å²) in [4.78, 5) is 0. The molecule has 0 amide bonds.